The van der Waals surface area contributed by atoms with Crippen molar-refractivity contribution in [3.8, 4) is 33.4 Å². The molecule has 0 heterocycles. The molecule has 0 unspecified atom stereocenters. The van der Waals surface area contributed by atoms with Crippen molar-refractivity contribution in [2.75, 3.05) is 4.90 Å². The maximum absolute atomic E-state index is 2.43. The number of anilines is 3. The summed E-state index contributed by atoms with van der Waals surface area (Å²) in [7, 11) is 0. The van der Waals surface area contributed by atoms with Crippen LogP contribution in [-0.2, 0) is 5.41 Å². The molecule has 10 aromatic rings. The Kier molecular flexibility index (Phi) is 8.12. The summed E-state index contributed by atoms with van der Waals surface area (Å²) in [4.78, 5) is 2.43. The van der Waals surface area contributed by atoms with E-state index < -0.39 is 5.41 Å². The van der Waals surface area contributed by atoms with Gasteiger partial charge in [-0.15, -0.1) is 0 Å². The second kappa shape index (κ2) is 13.9. The highest BCUT2D eigenvalue weighted by atomic mass is 15.1. The highest BCUT2D eigenvalue weighted by Crippen LogP contribution is 2.59. The lowest BCUT2D eigenvalue weighted by molar-refractivity contribution is 0.768. The molecule has 0 fully saturated rings. The van der Waals surface area contributed by atoms with Crippen LogP contribution in [0.15, 0.2) is 237 Å². The van der Waals surface area contributed by atoms with Gasteiger partial charge in [0, 0.05) is 16.9 Å². The van der Waals surface area contributed by atoms with E-state index in [1.54, 1.807) is 0 Å². The molecule has 272 valence electrons. The summed E-state index contributed by atoms with van der Waals surface area (Å²) in [6.45, 7) is 0. The summed E-state index contributed by atoms with van der Waals surface area (Å²) in [5.41, 5.74) is 15.4. The zero-order chi connectivity index (χ0) is 38.5. The van der Waals surface area contributed by atoms with E-state index in [1.165, 1.54) is 77.2 Å². The molecule has 58 heavy (non-hydrogen) atoms. The van der Waals surface area contributed by atoms with Crippen LogP contribution >= 0.6 is 0 Å². The van der Waals surface area contributed by atoms with E-state index in [1.807, 2.05) is 0 Å². The van der Waals surface area contributed by atoms with Gasteiger partial charge in [0.25, 0.3) is 0 Å². The molecule has 1 heteroatoms. The molecule has 1 aliphatic rings. The highest BCUT2D eigenvalue weighted by molar-refractivity contribution is 6.13. The Morgan fingerprint density at radius 2 is 0.810 bits per heavy atom. The summed E-state index contributed by atoms with van der Waals surface area (Å²) in [6.07, 6.45) is 0. The van der Waals surface area contributed by atoms with Crippen LogP contribution in [0.25, 0.3) is 54.9 Å². The Hall–Kier alpha value is -7.48. The van der Waals surface area contributed by atoms with Gasteiger partial charge >= 0.3 is 0 Å². The first-order valence-electron chi connectivity index (χ1n) is 20.1. The van der Waals surface area contributed by atoms with Crippen molar-refractivity contribution in [3.63, 3.8) is 0 Å². The van der Waals surface area contributed by atoms with Gasteiger partial charge in [-0.3, -0.25) is 0 Å². The molecule has 0 atom stereocenters. The maximum Gasteiger partial charge on any atom is 0.0714 e. The predicted octanol–water partition coefficient (Wildman–Crippen LogP) is 15.2. The SMILES string of the molecule is c1ccc(N(c2ccc(-c3ccc(-c4cc5ccccc5c5ccccc45)cc3)cc2)c2cccc3c2-c2ccccc2C3(c2ccccc2)c2ccccc2)cc1. The van der Waals surface area contributed by atoms with Crippen LogP contribution in [0.4, 0.5) is 17.1 Å². The lowest BCUT2D eigenvalue weighted by Crippen LogP contribution is -2.28. The molecule has 0 saturated carbocycles. The molecule has 0 amide bonds. The third kappa shape index (κ3) is 5.32. The van der Waals surface area contributed by atoms with Gasteiger partial charge in [0.1, 0.15) is 0 Å². The zero-order valence-electron chi connectivity index (χ0n) is 32.0. The topological polar surface area (TPSA) is 3.24 Å². The Labute approximate surface area is 339 Å². The van der Waals surface area contributed by atoms with Gasteiger partial charge in [0.15, 0.2) is 0 Å². The van der Waals surface area contributed by atoms with Gasteiger partial charge in [0.05, 0.1) is 11.1 Å². The first-order valence-corrected chi connectivity index (χ1v) is 20.1. The number of benzene rings is 10. The average molecular weight is 738 g/mol. The minimum Gasteiger partial charge on any atom is -0.310 e. The minimum absolute atomic E-state index is 0.470. The van der Waals surface area contributed by atoms with Crippen molar-refractivity contribution in [1.29, 1.82) is 0 Å². The molecule has 0 N–H and O–H groups in total. The summed E-state index contributed by atoms with van der Waals surface area (Å²) >= 11 is 0. The van der Waals surface area contributed by atoms with Crippen LogP contribution in [0.1, 0.15) is 22.3 Å². The van der Waals surface area contributed by atoms with E-state index in [2.05, 4.69) is 241 Å². The normalized spacial score (nSPS) is 12.6. The molecule has 0 saturated heterocycles. The molecule has 0 aromatic heterocycles. The smallest absolute Gasteiger partial charge is 0.0714 e. The van der Waals surface area contributed by atoms with Crippen molar-refractivity contribution in [2.45, 2.75) is 5.41 Å². The molecular formula is C57H39N. The van der Waals surface area contributed by atoms with Crippen molar-refractivity contribution in [1.82, 2.24) is 0 Å². The van der Waals surface area contributed by atoms with Gasteiger partial charge < -0.3 is 4.90 Å². The van der Waals surface area contributed by atoms with Crippen LogP contribution in [0.2, 0.25) is 0 Å². The molecule has 0 bridgehead atoms. The minimum atomic E-state index is -0.470. The Bertz CT molecular complexity index is 3040. The molecule has 0 radical (unpaired) electrons. The molecule has 0 aliphatic heterocycles. The fraction of sp³-hybridized carbons (Fsp3) is 0.0175. The summed E-state index contributed by atoms with van der Waals surface area (Å²) in [5.74, 6) is 0. The van der Waals surface area contributed by atoms with Crippen LogP contribution in [0.5, 0.6) is 0 Å². The largest absolute Gasteiger partial charge is 0.310 e. The Morgan fingerprint density at radius 3 is 1.50 bits per heavy atom. The molecule has 11 rings (SSSR count). The number of hydrogen-bond donors (Lipinski definition) is 0. The second-order valence-electron chi connectivity index (χ2n) is 15.2. The van der Waals surface area contributed by atoms with Crippen molar-refractivity contribution >= 4 is 38.6 Å². The number of rotatable bonds is 7. The molecule has 1 aliphatic carbocycles. The molecule has 0 spiro atoms. The molecule has 1 nitrogen and oxygen atoms in total. The lowest BCUT2D eigenvalue weighted by atomic mass is 9.68. The second-order valence-corrected chi connectivity index (χ2v) is 15.2. The standard InChI is InChI=1S/C57H39N/c1-4-18-44(19-5-1)57(45-20-6-2-7-21-45)53-28-15-14-27-51(53)56-54(57)29-16-30-55(56)58(46-22-8-3-9-23-46)47-37-35-41(36-38-47)40-31-33-42(34-32-40)52-39-43-17-10-11-24-48(43)49-25-12-13-26-50(49)52/h1-39H. The first-order chi connectivity index (χ1) is 28.8. The first kappa shape index (κ1) is 33.8. The molecular weight excluding hydrogens is 699 g/mol. The van der Waals surface area contributed by atoms with Crippen LogP contribution in [0.3, 0.4) is 0 Å². The van der Waals surface area contributed by atoms with E-state index in [-0.39, 0.29) is 0 Å². The van der Waals surface area contributed by atoms with E-state index in [4.69, 9.17) is 0 Å². The lowest BCUT2D eigenvalue weighted by Gasteiger charge is -2.34. The van der Waals surface area contributed by atoms with Gasteiger partial charge in [0.2, 0.25) is 0 Å². The average Bonchev–Trinajstić information content (AvgIpc) is 3.62. The summed E-state index contributed by atoms with van der Waals surface area (Å²) in [6, 6.07) is 86.6. The highest BCUT2D eigenvalue weighted by Gasteiger charge is 2.47. The van der Waals surface area contributed by atoms with Crippen LogP contribution in [-0.4, -0.2) is 0 Å². The van der Waals surface area contributed by atoms with E-state index in [0.717, 1.165) is 17.1 Å². The van der Waals surface area contributed by atoms with E-state index in [0.29, 0.717) is 0 Å². The molecule has 10 aromatic carbocycles. The number of para-hydroxylation sites is 1. The van der Waals surface area contributed by atoms with Crippen molar-refractivity contribution < 1.29 is 0 Å². The van der Waals surface area contributed by atoms with Gasteiger partial charge in [-0.2, -0.15) is 0 Å². The Balaban J connectivity index is 1.03. The fourth-order valence-electron chi connectivity index (χ4n) is 9.60. The monoisotopic (exact) mass is 737 g/mol. The van der Waals surface area contributed by atoms with E-state index in [9.17, 15) is 0 Å². The predicted molar refractivity (Wildman–Crippen MR) is 244 cm³/mol. The number of nitrogens with zero attached hydrogens (tertiary/aromatic N) is 1. The summed E-state index contributed by atoms with van der Waals surface area (Å²) in [5, 5.41) is 5.12. The van der Waals surface area contributed by atoms with Crippen LogP contribution < -0.4 is 4.90 Å². The number of hydrogen-bond acceptors (Lipinski definition) is 1. The van der Waals surface area contributed by atoms with Gasteiger partial charge in [-0.25, -0.2) is 0 Å². The zero-order valence-corrected chi connectivity index (χ0v) is 32.0. The van der Waals surface area contributed by atoms with Crippen LogP contribution in [0, 0.1) is 0 Å². The third-order valence-corrected chi connectivity index (χ3v) is 12.1. The Morgan fingerprint density at radius 1 is 0.310 bits per heavy atom. The van der Waals surface area contributed by atoms with Crippen molar-refractivity contribution in [2.24, 2.45) is 0 Å². The summed E-state index contributed by atoms with van der Waals surface area (Å²) < 4.78 is 0. The van der Waals surface area contributed by atoms with Gasteiger partial charge in [-0.05, 0) is 108 Å². The van der Waals surface area contributed by atoms with E-state index >= 15 is 0 Å². The van der Waals surface area contributed by atoms with Crippen molar-refractivity contribution in [3.05, 3.63) is 259 Å². The van der Waals surface area contributed by atoms with Gasteiger partial charge in [-0.1, -0.05) is 200 Å². The fourth-order valence-corrected chi connectivity index (χ4v) is 9.60. The maximum atomic E-state index is 2.43. The number of fused-ring (bicyclic) bond motifs is 6. The quantitative estimate of drug-likeness (QED) is 0.147. The third-order valence-electron chi connectivity index (χ3n) is 12.1.